The predicted molar refractivity (Wildman–Crippen MR) is 117 cm³/mol. The summed E-state index contributed by atoms with van der Waals surface area (Å²) in [5.74, 6) is -3.61. The first-order valence-electron chi connectivity index (χ1n) is 10.7. The summed E-state index contributed by atoms with van der Waals surface area (Å²) in [6, 6.07) is 18.9. The Labute approximate surface area is 189 Å². The second-order valence-corrected chi connectivity index (χ2v) is 8.56. The van der Waals surface area contributed by atoms with Crippen LogP contribution in [0.1, 0.15) is 35.4 Å². The molecule has 0 bridgehead atoms. The van der Waals surface area contributed by atoms with Gasteiger partial charge in [0.25, 0.3) is 0 Å². The monoisotopic (exact) mass is 449 g/mol. The number of amides is 1. The molecule has 0 atom stereocenters. The Morgan fingerprint density at radius 1 is 0.939 bits per heavy atom. The molecule has 7 heteroatoms. The van der Waals surface area contributed by atoms with Gasteiger partial charge in [-0.1, -0.05) is 60.7 Å². The van der Waals surface area contributed by atoms with Gasteiger partial charge in [0, 0.05) is 17.5 Å². The summed E-state index contributed by atoms with van der Waals surface area (Å²) < 4.78 is 33.4. The number of hydrogen-bond acceptors (Lipinski definition) is 3. The Hall–Kier alpha value is -3.74. The Morgan fingerprint density at radius 3 is 2.15 bits per heavy atom. The van der Waals surface area contributed by atoms with Crippen molar-refractivity contribution < 1.29 is 28.2 Å². The molecule has 2 aliphatic carbocycles. The molecule has 5 nitrogen and oxygen atoms in total. The van der Waals surface area contributed by atoms with Crippen molar-refractivity contribution in [3.05, 3.63) is 95.1 Å². The van der Waals surface area contributed by atoms with Crippen molar-refractivity contribution in [2.45, 2.75) is 30.2 Å². The highest BCUT2D eigenvalue weighted by molar-refractivity contribution is 5.84. The SMILES string of the molecule is O=C(NC1CC(C(=O)O)(c2cccc(F)c2F)C1)OCC1c2ccccc2-c2ccccc21. The van der Waals surface area contributed by atoms with E-state index in [1.54, 1.807) is 0 Å². The molecular formula is C26H21F2NO4. The van der Waals surface area contributed by atoms with Gasteiger partial charge in [-0.15, -0.1) is 0 Å². The van der Waals surface area contributed by atoms with Crippen LogP contribution in [0, 0.1) is 11.6 Å². The van der Waals surface area contributed by atoms with Crippen LogP contribution < -0.4 is 5.32 Å². The van der Waals surface area contributed by atoms with Crippen LogP contribution in [0.15, 0.2) is 66.7 Å². The average Bonchev–Trinajstić information content (AvgIpc) is 3.10. The normalized spacial score (nSPS) is 21.0. The van der Waals surface area contributed by atoms with Crippen molar-refractivity contribution in [3.63, 3.8) is 0 Å². The van der Waals surface area contributed by atoms with Gasteiger partial charge in [0.05, 0.1) is 5.41 Å². The maximum atomic E-state index is 14.3. The number of carboxylic acid groups (broad SMARTS) is 1. The topological polar surface area (TPSA) is 75.6 Å². The zero-order valence-corrected chi connectivity index (χ0v) is 17.6. The van der Waals surface area contributed by atoms with Crippen molar-refractivity contribution >= 4 is 12.1 Å². The van der Waals surface area contributed by atoms with E-state index in [4.69, 9.17) is 4.74 Å². The Bertz CT molecular complexity index is 1210. The van der Waals surface area contributed by atoms with E-state index < -0.39 is 35.2 Å². The van der Waals surface area contributed by atoms with Gasteiger partial charge in [-0.25, -0.2) is 13.6 Å². The van der Waals surface area contributed by atoms with Crippen LogP contribution in [-0.2, 0) is 14.9 Å². The van der Waals surface area contributed by atoms with E-state index in [-0.39, 0.29) is 30.9 Å². The molecule has 0 spiro atoms. The number of halogens is 2. The van der Waals surface area contributed by atoms with Crippen molar-refractivity contribution in [3.8, 4) is 11.1 Å². The second-order valence-electron chi connectivity index (χ2n) is 8.56. The van der Waals surface area contributed by atoms with Gasteiger partial charge in [-0.05, 0) is 41.2 Å². The molecule has 2 aliphatic rings. The molecular weight excluding hydrogens is 428 g/mol. The molecule has 33 heavy (non-hydrogen) atoms. The largest absolute Gasteiger partial charge is 0.481 e. The third kappa shape index (κ3) is 3.44. The lowest BCUT2D eigenvalue weighted by Crippen LogP contribution is -2.57. The molecule has 2 N–H and O–H groups in total. The number of carbonyl (C=O) groups is 2. The van der Waals surface area contributed by atoms with Crippen LogP contribution in [0.5, 0.6) is 0 Å². The van der Waals surface area contributed by atoms with Crippen molar-refractivity contribution in [1.29, 1.82) is 0 Å². The van der Waals surface area contributed by atoms with Crippen LogP contribution in [-0.4, -0.2) is 29.8 Å². The zero-order valence-electron chi connectivity index (χ0n) is 17.6. The van der Waals surface area contributed by atoms with Gasteiger partial charge < -0.3 is 15.2 Å². The third-order valence-corrected chi connectivity index (χ3v) is 6.73. The molecule has 0 unspecified atom stereocenters. The highest BCUT2D eigenvalue weighted by atomic mass is 19.2. The molecule has 168 valence electrons. The fourth-order valence-corrected chi connectivity index (χ4v) is 5.07. The highest BCUT2D eigenvalue weighted by Crippen LogP contribution is 2.46. The molecule has 0 aliphatic heterocycles. The summed E-state index contributed by atoms with van der Waals surface area (Å²) in [6.45, 7) is 0.134. The summed E-state index contributed by atoms with van der Waals surface area (Å²) in [7, 11) is 0. The Morgan fingerprint density at radius 2 is 1.55 bits per heavy atom. The number of alkyl carbamates (subject to hydrolysis) is 1. The Balaban J connectivity index is 1.24. The lowest BCUT2D eigenvalue weighted by molar-refractivity contribution is -0.148. The summed E-state index contributed by atoms with van der Waals surface area (Å²) in [5.41, 5.74) is 2.62. The van der Waals surface area contributed by atoms with Gasteiger partial charge in [0.2, 0.25) is 0 Å². The number of fused-ring (bicyclic) bond motifs is 3. The van der Waals surface area contributed by atoms with Gasteiger partial charge in [-0.3, -0.25) is 4.79 Å². The van der Waals surface area contributed by atoms with E-state index in [0.717, 1.165) is 28.3 Å². The van der Waals surface area contributed by atoms with Crippen molar-refractivity contribution in [1.82, 2.24) is 5.32 Å². The zero-order chi connectivity index (χ0) is 23.2. The van der Waals surface area contributed by atoms with Gasteiger partial charge in [0.1, 0.15) is 6.61 Å². The summed E-state index contributed by atoms with van der Waals surface area (Å²) in [6.07, 6.45) is -0.764. The molecule has 0 heterocycles. The van der Waals surface area contributed by atoms with E-state index >= 15 is 0 Å². The summed E-state index contributed by atoms with van der Waals surface area (Å²) in [5, 5.41) is 12.4. The minimum atomic E-state index is -1.58. The molecule has 3 aromatic carbocycles. The number of carboxylic acids is 1. The first-order valence-corrected chi connectivity index (χ1v) is 10.7. The third-order valence-electron chi connectivity index (χ3n) is 6.73. The van der Waals surface area contributed by atoms with E-state index in [9.17, 15) is 23.5 Å². The number of nitrogens with one attached hydrogen (secondary N) is 1. The molecule has 0 aromatic heterocycles. The standard InChI is InChI=1S/C26H21F2NO4/c27-22-11-5-10-21(23(22)28)26(24(30)31)12-15(13-26)29-25(32)33-14-20-18-8-3-1-6-16(18)17-7-2-4-9-19(17)20/h1-11,15,20H,12-14H2,(H,29,32)(H,30,31). The highest BCUT2D eigenvalue weighted by Gasteiger charge is 2.54. The number of hydrogen-bond donors (Lipinski definition) is 2. The van der Waals surface area contributed by atoms with Crippen LogP contribution >= 0.6 is 0 Å². The van der Waals surface area contributed by atoms with Gasteiger partial charge in [0.15, 0.2) is 11.6 Å². The lowest BCUT2D eigenvalue weighted by Gasteiger charge is -2.44. The summed E-state index contributed by atoms with van der Waals surface area (Å²) >= 11 is 0. The number of rotatable bonds is 5. The molecule has 1 amide bonds. The predicted octanol–water partition coefficient (Wildman–Crippen LogP) is 4.99. The molecule has 3 aromatic rings. The first-order chi connectivity index (χ1) is 15.9. The van der Waals surface area contributed by atoms with Gasteiger partial charge >= 0.3 is 12.1 Å². The van der Waals surface area contributed by atoms with Crippen molar-refractivity contribution in [2.75, 3.05) is 6.61 Å². The number of ether oxygens (including phenoxy) is 1. The van der Waals surface area contributed by atoms with E-state index in [2.05, 4.69) is 5.32 Å². The quantitative estimate of drug-likeness (QED) is 0.576. The van der Waals surface area contributed by atoms with Crippen LogP contribution in [0.2, 0.25) is 0 Å². The average molecular weight is 449 g/mol. The molecule has 1 saturated carbocycles. The fraction of sp³-hybridized carbons (Fsp3) is 0.231. The number of aliphatic carboxylic acids is 1. The Kier molecular flexibility index (Phi) is 5.12. The van der Waals surface area contributed by atoms with Crippen LogP contribution in [0.4, 0.5) is 13.6 Å². The minimum absolute atomic E-state index is 0.0487. The van der Waals surface area contributed by atoms with E-state index in [1.165, 1.54) is 12.1 Å². The van der Waals surface area contributed by atoms with Crippen molar-refractivity contribution in [2.24, 2.45) is 0 Å². The maximum absolute atomic E-state index is 14.3. The minimum Gasteiger partial charge on any atom is -0.481 e. The smallest absolute Gasteiger partial charge is 0.407 e. The van der Waals surface area contributed by atoms with E-state index in [1.807, 2.05) is 48.5 Å². The first kappa shape index (κ1) is 21.1. The van der Waals surface area contributed by atoms with E-state index in [0.29, 0.717) is 0 Å². The fourth-order valence-electron chi connectivity index (χ4n) is 5.07. The molecule has 5 rings (SSSR count). The van der Waals surface area contributed by atoms with Crippen LogP contribution in [0.25, 0.3) is 11.1 Å². The molecule has 1 fully saturated rings. The van der Waals surface area contributed by atoms with Gasteiger partial charge in [-0.2, -0.15) is 0 Å². The van der Waals surface area contributed by atoms with Crippen LogP contribution in [0.3, 0.4) is 0 Å². The molecule has 0 radical (unpaired) electrons. The summed E-state index contributed by atoms with van der Waals surface area (Å²) in [4.78, 5) is 24.3. The number of benzene rings is 3. The lowest BCUT2D eigenvalue weighted by atomic mass is 9.61. The molecule has 0 saturated heterocycles. The maximum Gasteiger partial charge on any atom is 0.407 e. The number of carbonyl (C=O) groups excluding carboxylic acids is 1. The second kappa shape index (κ2) is 7.99.